The molecule has 2 amide bonds. The van der Waals surface area contributed by atoms with Crippen LogP contribution in [0.25, 0.3) is 0 Å². The normalized spacial score (nSPS) is 13.6. The second-order valence-electron chi connectivity index (χ2n) is 7.01. The number of hydrogen-bond acceptors (Lipinski definition) is 3. The maximum Gasteiger partial charge on any atom is 0.248 e. The summed E-state index contributed by atoms with van der Waals surface area (Å²) < 4.78 is 0. The lowest BCUT2D eigenvalue weighted by Crippen LogP contribution is -2.22. The summed E-state index contributed by atoms with van der Waals surface area (Å²) in [6.45, 7) is 4.05. The second-order valence-corrected chi connectivity index (χ2v) is 7.01. The van der Waals surface area contributed by atoms with Crippen LogP contribution in [0.15, 0.2) is 42.5 Å². The highest BCUT2D eigenvalue weighted by Crippen LogP contribution is 2.30. The van der Waals surface area contributed by atoms with Gasteiger partial charge >= 0.3 is 0 Å². The zero-order valence-corrected chi connectivity index (χ0v) is 15.8. The fraction of sp³-hybridized carbons (Fsp3) is 0.364. The molecule has 2 aromatic rings. The van der Waals surface area contributed by atoms with Crippen molar-refractivity contribution in [2.24, 2.45) is 5.73 Å². The number of carbonyl (C=O) groups excluding carboxylic acids is 2. The predicted octanol–water partition coefficient (Wildman–Crippen LogP) is 3.52. The molecule has 3 rings (SSSR count). The van der Waals surface area contributed by atoms with Gasteiger partial charge in [-0.05, 0) is 55.0 Å². The molecule has 1 heterocycles. The lowest BCUT2D eigenvalue weighted by Gasteiger charge is -2.22. The molecule has 0 saturated carbocycles. The molecule has 0 unspecified atom stereocenters. The van der Waals surface area contributed by atoms with Crippen LogP contribution >= 0.6 is 0 Å². The van der Waals surface area contributed by atoms with Gasteiger partial charge in [0.2, 0.25) is 11.8 Å². The molecule has 5 nitrogen and oxygen atoms in total. The van der Waals surface area contributed by atoms with E-state index >= 15 is 0 Å². The first-order valence-corrected chi connectivity index (χ1v) is 9.63. The number of nitrogens with zero attached hydrogens (tertiary/aromatic N) is 1. The van der Waals surface area contributed by atoms with Crippen molar-refractivity contribution >= 4 is 23.2 Å². The third kappa shape index (κ3) is 4.88. The fourth-order valence-corrected chi connectivity index (χ4v) is 3.44. The summed E-state index contributed by atoms with van der Waals surface area (Å²) in [4.78, 5) is 26.3. The van der Waals surface area contributed by atoms with Gasteiger partial charge in [-0.2, -0.15) is 0 Å². The number of nitrogens with one attached hydrogen (secondary N) is 1. The number of primary amides is 1. The highest BCUT2D eigenvalue weighted by Gasteiger charge is 2.18. The van der Waals surface area contributed by atoms with E-state index in [9.17, 15) is 9.59 Å². The summed E-state index contributed by atoms with van der Waals surface area (Å²) in [5.41, 5.74) is 9.88. The number of hydrogen-bond donors (Lipinski definition) is 2. The SMILES string of the molecule is CCc1ccc(CCC(=O)Nc2cc(C(N)=O)ccc2N2CCCC2)cc1. The molecule has 3 N–H and O–H groups in total. The van der Waals surface area contributed by atoms with Crippen molar-refractivity contribution in [2.45, 2.75) is 39.0 Å². The van der Waals surface area contributed by atoms with E-state index < -0.39 is 5.91 Å². The summed E-state index contributed by atoms with van der Waals surface area (Å²) in [5.74, 6) is -0.550. The van der Waals surface area contributed by atoms with Gasteiger partial charge in [0.25, 0.3) is 0 Å². The minimum absolute atomic E-state index is 0.0587. The summed E-state index contributed by atoms with van der Waals surface area (Å²) in [6, 6.07) is 13.7. The number of aryl methyl sites for hydroxylation is 2. The first kappa shape index (κ1) is 19.0. The third-order valence-corrected chi connectivity index (χ3v) is 5.07. The number of benzene rings is 2. The van der Waals surface area contributed by atoms with Crippen LogP contribution in [0.2, 0.25) is 0 Å². The van der Waals surface area contributed by atoms with Crippen molar-refractivity contribution in [2.75, 3.05) is 23.3 Å². The minimum Gasteiger partial charge on any atom is -0.370 e. The molecule has 0 atom stereocenters. The van der Waals surface area contributed by atoms with Crippen molar-refractivity contribution in [3.63, 3.8) is 0 Å². The van der Waals surface area contributed by atoms with Crippen molar-refractivity contribution in [3.8, 4) is 0 Å². The Balaban J connectivity index is 1.69. The monoisotopic (exact) mass is 365 g/mol. The lowest BCUT2D eigenvalue weighted by atomic mass is 10.1. The van der Waals surface area contributed by atoms with Crippen LogP contribution in [0.4, 0.5) is 11.4 Å². The summed E-state index contributed by atoms with van der Waals surface area (Å²) in [5, 5.41) is 2.99. The van der Waals surface area contributed by atoms with E-state index in [2.05, 4.69) is 41.4 Å². The van der Waals surface area contributed by atoms with Crippen LogP contribution in [-0.4, -0.2) is 24.9 Å². The zero-order valence-electron chi connectivity index (χ0n) is 15.8. The Morgan fingerprint density at radius 2 is 1.70 bits per heavy atom. The highest BCUT2D eigenvalue weighted by molar-refractivity contribution is 5.99. The second kappa shape index (κ2) is 8.71. The molecule has 0 bridgehead atoms. The maximum atomic E-state index is 12.5. The van der Waals surface area contributed by atoms with E-state index in [0.29, 0.717) is 24.1 Å². The van der Waals surface area contributed by atoms with Gasteiger partial charge in [0.1, 0.15) is 0 Å². The topological polar surface area (TPSA) is 75.4 Å². The first-order valence-electron chi connectivity index (χ1n) is 9.63. The van der Waals surface area contributed by atoms with E-state index in [1.165, 1.54) is 5.56 Å². The van der Waals surface area contributed by atoms with Crippen molar-refractivity contribution < 1.29 is 9.59 Å². The Morgan fingerprint density at radius 3 is 2.33 bits per heavy atom. The molecular weight excluding hydrogens is 338 g/mol. The van der Waals surface area contributed by atoms with Crippen molar-refractivity contribution in [1.82, 2.24) is 0 Å². The molecule has 0 aliphatic carbocycles. The van der Waals surface area contributed by atoms with Crippen molar-refractivity contribution in [1.29, 1.82) is 0 Å². The number of rotatable bonds is 7. The van der Waals surface area contributed by atoms with Gasteiger partial charge in [-0.3, -0.25) is 9.59 Å². The number of amides is 2. The van der Waals surface area contributed by atoms with Gasteiger partial charge in [-0.25, -0.2) is 0 Å². The Labute approximate surface area is 160 Å². The van der Waals surface area contributed by atoms with Crippen LogP contribution in [-0.2, 0) is 17.6 Å². The first-order chi connectivity index (χ1) is 13.1. The molecule has 142 valence electrons. The summed E-state index contributed by atoms with van der Waals surface area (Å²) >= 11 is 0. The van der Waals surface area contributed by atoms with Gasteiger partial charge in [0, 0.05) is 25.1 Å². The minimum atomic E-state index is -0.491. The third-order valence-electron chi connectivity index (χ3n) is 5.07. The smallest absolute Gasteiger partial charge is 0.248 e. The van der Waals surface area contributed by atoms with Gasteiger partial charge in [0.15, 0.2) is 0 Å². The molecular formula is C22H27N3O2. The van der Waals surface area contributed by atoms with Gasteiger partial charge in [-0.15, -0.1) is 0 Å². The Bertz CT molecular complexity index is 809. The van der Waals surface area contributed by atoms with Crippen molar-refractivity contribution in [3.05, 3.63) is 59.2 Å². The molecule has 0 radical (unpaired) electrons. The molecule has 1 aliphatic heterocycles. The number of anilines is 2. The van der Waals surface area contributed by atoms with E-state index in [-0.39, 0.29) is 5.91 Å². The molecule has 1 fully saturated rings. The fourth-order valence-electron chi connectivity index (χ4n) is 3.44. The molecule has 27 heavy (non-hydrogen) atoms. The van der Waals surface area contributed by atoms with Crippen LogP contribution in [0.1, 0.15) is 47.7 Å². The molecule has 5 heteroatoms. The summed E-state index contributed by atoms with van der Waals surface area (Å²) in [7, 11) is 0. The van der Waals surface area contributed by atoms with E-state index in [0.717, 1.165) is 43.6 Å². The predicted molar refractivity (Wildman–Crippen MR) is 109 cm³/mol. The van der Waals surface area contributed by atoms with Gasteiger partial charge < -0.3 is 16.0 Å². The van der Waals surface area contributed by atoms with E-state index in [4.69, 9.17) is 5.73 Å². The lowest BCUT2D eigenvalue weighted by molar-refractivity contribution is -0.116. The van der Waals surface area contributed by atoms with Crippen LogP contribution < -0.4 is 16.0 Å². The molecule has 2 aromatic carbocycles. The average Bonchev–Trinajstić information content (AvgIpc) is 3.21. The quantitative estimate of drug-likeness (QED) is 0.788. The standard InChI is InChI=1S/C22H27N3O2/c1-2-16-5-7-17(8-6-16)9-12-21(26)24-19-15-18(22(23)27)10-11-20(19)25-13-3-4-14-25/h5-8,10-11,15H,2-4,9,12-14H2,1H3,(H2,23,27)(H,24,26). The van der Waals surface area contributed by atoms with Gasteiger partial charge in [0.05, 0.1) is 11.4 Å². The van der Waals surface area contributed by atoms with Crippen LogP contribution in [0.5, 0.6) is 0 Å². The van der Waals surface area contributed by atoms with E-state index in [1.807, 2.05) is 6.07 Å². The Hall–Kier alpha value is -2.82. The Morgan fingerprint density at radius 1 is 1.04 bits per heavy atom. The zero-order chi connectivity index (χ0) is 19.2. The summed E-state index contributed by atoms with van der Waals surface area (Å²) in [6.07, 6.45) is 4.36. The Kier molecular flexibility index (Phi) is 6.12. The molecule has 0 aromatic heterocycles. The number of nitrogens with two attached hydrogens (primary N) is 1. The average molecular weight is 365 g/mol. The highest BCUT2D eigenvalue weighted by atomic mass is 16.2. The van der Waals surface area contributed by atoms with Crippen LogP contribution in [0.3, 0.4) is 0 Å². The van der Waals surface area contributed by atoms with E-state index in [1.54, 1.807) is 12.1 Å². The van der Waals surface area contributed by atoms with Gasteiger partial charge in [-0.1, -0.05) is 31.2 Å². The molecule has 1 saturated heterocycles. The molecule has 1 aliphatic rings. The largest absolute Gasteiger partial charge is 0.370 e. The molecule has 0 spiro atoms. The maximum absolute atomic E-state index is 12.5. The number of carbonyl (C=O) groups is 2. The van der Waals surface area contributed by atoms with Crippen LogP contribution in [0, 0.1) is 0 Å².